The minimum Gasteiger partial charge on any atom is -0.380 e. The maximum Gasteiger partial charge on any atom is 0.160 e. The highest BCUT2D eigenvalue weighted by molar-refractivity contribution is 6.31. The van der Waals surface area contributed by atoms with Gasteiger partial charge in [-0.2, -0.15) is 5.10 Å². The van der Waals surface area contributed by atoms with E-state index in [1.54, 1.807) is 0 Å². The maximum absolute atomic E-state index is 10.7. The summed E-state index contributed by atoms with van der Waals surface area (Å²) < 4.78 is 0. The van der Waals surface area contributed by atoms with Crippen LogP contribution in [-0.4, -0.2) is 28.6 Å². The molecule has 1 saturated carbocycles. The average molecular weight is 322 g/mol. The third-order valence-corrected chi connectivity index (χ3v) is 5.03. The van der Waals surface area contributed by atoms with Crippen LogP contribution in [-0.2, 0) is 0 Å². The van der Waals surface area contributed by atoms with Gasteiger partial charge in [-0.3, -0.25) is 5.43 Å². The van der Waals surface area contributed by atoms with E-state index in [2.05, 4.69) is 15.4 Å². The number of aliphatic hydroxyl groups excluding tert-OH is 1. The topological polar surface area (TPSA) is 47.9 Å². The zero-order valence-corrected chi connectivity index (χ0v) is 13.6. The van der Waals surface area contributed by atoms with Crippen molar-refractivity contribution in [2.24, 2.45) is 5.10 Å². The number of halogens is 1. The van der Waals surface area contributed by atoms with Crippen molar-refractivity contribution in [3.63, 3.8) is 0 Å². The monoisotopic (exact) mass is 321 g/mol. The van der Waals surface area contributed by atoms with E-state index in [1.807, 2.05) is 24.3 Å². The molecule has 1 aromatic rings. The Hall–Kier alpha value is -1.26. The molecule has 1 aliphatic carbocycles. The first kappa shape index (κ1) is 15.6. The van der Waals surface area contributed by atoms with Gasteiger partial charge in [0.25, 0.3) is 0 Å². The first-order valence-corrected chi connectivity index (χ1v) is 8.65. The number of rotatable bonds is 3. The molecular weight excluding hydrogens is 298 g/mol. The van der Waals surface area contributed by atoms with Crippen LogP contribution in [0.1, 0.15) is 56.6 Å². The van der Waals surface area contributed by atoms with Crippen LogP contribution in [0.25, 0.3) is 0 Å². The van der Waals surface area contributed by atoms with E-state index in [0.717, 1.165) is 5.56 Å². The predicted molar refractivity (Wildman–Crippen MR) is 89.8 cm³/mol. The van der Waals surface area contributed by atoms with E-state index in [4.69, 9.17) is 11.6 Å². The van der Waals surface area contributed by atoms with Gasteiger partial charge in [-0.25, -0.2) is 0 Å². The van der Waals surface area contributed by atoms with Crippen molar-refractivity contribution < 1.29 is 5.11 Å². The zero-order chi connectivity index (χ0) is 15.4. The number of nitrogens with zero attached hydrogens (tertiary/aromatic N) is 2. The number of aliphatic hydroxyl groups is 1. The van der Waals surface area contributed by atoms with Crippen LogP contribution < -0.4 is 5.43 Å². The quantitative estimate of drug-likeness (QED) is 0.893. The molecule has 1 aliphatic heterocycles. The third kappa shape index (κ3) is 3.39. The summed E-state index contributed by atoms with van der Waals surface area (Å²) in [5.74, 6) is 0.707. The summed E-state index contributed by atoms with van der Waals surface area (Å²) >= 11 is 6.22. The van der Waals surface area contributed by atoms with E-state index in [1.165, 1.54) is 44.9 Å². The number of benzene rings is 1. The molecule has 2 aliphatic rings. The van der Waals surface area contributed by atoms with Crippen LogP contribution in [0.3, 0.4) is 0 Å². The first-order chi connectivity index (χ1) is 10.8. The second-order valence-corrected chi connectivity index (χ2v) is 6.59. The van der Waals surface area contributed by atoms with Crippen molar-refractivity contribution in [3.05, 3.63) is 34.9 Å². The lowest BCUT2D eigenvalue weighted by Gasteiger charge is -2.32. The van der Waals surface area contributed by atoms with Crippen molar-refractivity contribution in [1.29, 1.82) is 0 Å². The summed E-state index contributed by atoms with van der Waals surface area (Å²) in [6.45, 7) is 0.682. The Morgan fingerprint density at radius 3 is 2.55 bits per heavy atom. The van der Waals surface area contributed by atoms with Gasteiger partial charge in [0.1, 0.15) is 12.8 Å². The summed E-state index contributed by atoms with van der Waals surface area (Å²) in [7, 11) is 0. The van der Waals surface area contributed by atoms with Crippen LogP contribution in [0.5, 0.6) is 0 Å². The highest BCUT2D eigenvalue weighted by Crippen LogP contribution is 2.29. The second-order valence-electron chi connectivity index (χ2n) is 6.18. The lowest BCUT2D eigenvalue weighted by Crippen LogP contribution is -2.42. The number of amidine groups is 1. The Morgan fingerprint density at radius 2 is 1.82 bits per heavy atom. The SMILES string of the molecule is OC(C1=NNCN1C1CCCCCCC1)c1ccccc1Cl. The summed E-state index contributed by atoms with van der Waals surface area (Å²) in [4.78, 5) is 2.24. The van der Waals surface area contributed by atoms with Gasteiger partial charge in [-0.1, -0.05) is 61.9 Å². The Kier molecular flexibility index (Phi) is 5.21. The second kappa shape index (κ2) is 7.34. The van der Waals surface area contributed by atoms with Crippen molar-refractivity contribution in [2.75, 3.05) is 6.67 Å². The molecule has 3 rings (SSSR count). The van der Waals surface area contributed by atoms with Gasteiger partial charge < -0.3 is 10.0 Å². The van der Waals surface area contributed by atoms with Crippen LogP contribution >= 0.6 is 11.6 Å². The zero-order valence-electron chi connectivity index (χ0n) is 12.8. The Bertz CT molecular complexity index is 526. The molecule has 1 atom stereocenters. The number of hydrazone groups is 1. The number of hydrogen-bond donors (Lipinski definition) is 2. The highest BCUT2D eigenvalue weighted by atomic mass is 35.5. The largest absolute Gasteiger partial charge is 0.380 e. The molecule has 1 fully saturated rings. The summed E-state index contributed by atoms with van der Waals surface area (Å²) in [5, 5.41) is 15.7. The average Bonchev–Trinajstić information content (AvgIpc) is 2.96. The normalized spacial score (nSPS) is 21.7. The molecule has 0 bridgehead atoms. The fourth-order valence-corrected chi connectivity index (χ4v) is 3.69. The van der Waals surface area contributed by atoms with Crippen LogP contribution in [0.15, 0.2) is 29.4 Å². The summed E-state index contributed by atoms with van der Waals surface area (Å²) in [6.07, 6.45) is 8.09. The van der Waals surface area contributed by atoms with Crippen molar-refractivity contribution >= 4 is 17.4 Å². The van der Waals surface area contributed by atoms with Crippen molar-refractivity contribution in [2.45, 2.75) is 57.1 Å². The first-order valence-electron chi connectivity index (χ1n) is 8.27. The molecule has 2 N–H and O–H groups in total. The Labute approximate surface area is 137 Å². The van der Waals surface area contributed by atoms with Gasteiger partial charge in [0.05, 0.1) is 0 Å². The molecular formula is C17H24ClN3O. The molecule has 5 heteroatoms. The molecule has 1 heterocycles. The maximum atomic E-state index is 10.7. The predicted octanol–water partition coefficient (Wildman–Crippen LogP) is 3.66. The fourth-order valence-electron chi connectivity index (χ4n) is 3.45. The van der Waals surface area contributed by atoms with E-state index in [9.17, 15) is 5.11 Å². The van der Waals surface area contributed by atoms with Gasteiger partial charge in [0.15, 0.2) is 5.84 Å². The van der Waals surface area contributed by atoms with Gasteiger partial charge in [0, 0.05) is 16.6 Å². The standard InChI is InChI=1S/C17H24ClN3O/c18-15-11-7-6-10-14(15)16(22)17-20-19-12-21(17)13-8-4-2-1-3-5-9-13/h6-7,10-11,13,16,19,22H,1-5,8-9,12H2. The van der Waals surface area contributed by atoms with E-state index in [-0.39, 0.29) is 0 Å². The minimum absolute atomic E-state index is 0.464. The lowest BCUT2D eigenvalue weighted by atomic mass is 9.95. The van der Waals surface area contributed by atoms with Gasteiger partial charge in [-0.05, 0) is 18.9 Å². The van der Waals surface area contributed by atoms with Gasteiger partial charge >= 0.3 is 0 Å². The van der Waals surface area contributed by atoms with E-state index in [0.29, 0.717) is 23.6 Å². The summed E-state index contributed by atoms with van der Waals surface area (Å²) in [6, 6.07) is 7.91. The van der Waals surface area contributed by atoms with Crippen LogP contribution in [0.2, 0.25) is 5.02 Å². The van der Waals surface area contributed by atoms with E-state index < -0.39 is 6.10 Å². The molecule has 0 aromatic heterocycles. The van der Waals surface area contributed by atoms with Gasteiger partial charge in [-0.15, -0.1) is 0 Å². The minimum atomic E-state index is -0.769. The molecule has 0 spiro atoms. The number of hydrogen-bond acceptors (Lipinski definition) is 4. The molecule has 0 radical (unpaired) electrons. The van der Waals surface area contributed by atoms with Gasteiger partial charge in [0.2, 0.25) is 0 Å². The molecule has 1 unspecified atom stereocenters. The fraction of sp³-hybridized carbons (Fsp3) is 0.588. The highest BCUT2D eigenvalue weighted by Gasteiger charge is 2.31. The van der Waals surface area contributed by atoms with Crippen molar-refractivity contribution in [1.82, 2.24) is 10.3 Å². The van der Waals surface area contributed by atoms with Crippen LogP contribution in [0.4, 0.5) is 0 Å². The molecule has 4 nitrogen and oxygen atoms in total. The Balaban J connectivity index is 1.76. The molecule has 22 heavy (non-hydrogen) atoms. The molecule has 1 aromatic carbocycles. The van der Waals surface area contributed by atoms with Crippen molar-refractivity contribution in [3.8, 4) is 0 Å². The third-order valence-electron chi connectivity index (χ3n) is 4.69. The molecule has 120 valence electrons. The lowest BCUT2D eigenvalue weighted by molar-refractivity contribution is 0.201. The molecule has 0 saturated heterocycles. The molecule has 0 amide bonds. The van der Waals surface area contributed by atoms with Crippen LogP contribution in [0, 0.1) is 0 Å². The van der Waals surface area contributed by atoms with E-state index >= 15 is 0 Å². The Morgan fingerprint density at radius 1 is 1.14 bits per heavy atom. The number of nitrogens with one attached hydrogen (secondary N) is 1. The summed E-state index contributed by atoms with van der Waals surface area (Å²) in [5.41, 5.74) is 3.76. The smallest absolute Gasteiger partial charge is 0.160 e.